The molecule has 0 unspecified atom stereocenters. The molecule has 0 aromatic carbocycles. The number of carbonyl (C=O) groups excluding carboxylic acids is 1. The quantitative estimate of drug-likeness (QED) is 0.596. The van der Waals surface area contributed by atoms with Gasteiger partial charge in [0, 0.05) is 36.8 Å². The molecular formula is C22H28N2O2. The monoisotopic (exact) mass is 352 g/mol. The number of ketones is 1. The zero-order chi connectivity index (χ0) is 18.9. The lowest BCUT2D eigenvalue weighted by Crippen LogP contribution is -2.35. The lowest BCUT2D eigenvalue weighted by atomic mass is 9.90. The molecule has 1 aromatic heterocycles. The van der Waals surface area contributed by atoms with E-state index in [0.717, 1.165) is 29.9 Å². The molecule has 0 amide bonds. The molecule has 0 N–H and O–H groups in total. The fraction of sp³-hybridized carbons (Fsp3) is 0.545. The molecule has 0 radical (unpaired) electrons. The summed E-state index contributed by atoms with van der Waals surface area (Å²) >= 11 is 0. The molecule has 1 saturated carbocycles. The van der Waals surface area contributed by atoms with Crippen LogP contribution in [0.5, 0.6) is 5.88 Å². The van der Waals surface area contributed by atoms with E-state index in [-0.39, 0.29) is 11.7 Å². The first kappa shape index (κ1) is 18.5. The van der Waals surface area contributed by atoms with Crippen molar-refractivity contribution in [3.05, 3.63) is 29.0 Å². The molecule has 2 heterocycles. The third-order valence-corrected chi connectivity index (χ3v) is 5.79. The molecule has 1 aliphatic carbocycles. The van der Waals surface area contributed by atoms with Crippen molar-refractivity contribution in [2.45, 2.75) is 46.5 Å². The van der Waals surface area contributed by atoms with Crippen molar-refractivity contribution < 1.29 is 9.53 Å². The van der Waals surface area contributed by atoms with Crippen LogP contribution in [-0.4, -0.2) is 35.9 Å². The lowest BCUT2D eigenvalue weighted by molar-refractivity contribution is -0.117. The molecule has 2 fully saturated rings. The number of hydrogen-bond acceptors (Lipinski definition) is 4. The average Bonchev–Trinajstić information content (AvgIpc) is 3.40. The molecule has 0 bridgehead atoms. The maximum Gasteiger partial charge on any atom is 0.213 e. The van der Waals surface area contributed by atoms with Crippen molar-refractivity contribution in [1.82, 2.24) is 9.88 Å². The van der Waals surface area contributed by atoms with E-state index in [4.69, 9.17) is 11.2 Å². The fourth-order valence-electron chi connectivity index (χ4n) is 3.76. The van der Waals surface area contributed by atoms with Crippen LogP contribution < -0.4 is 4.74 Å². The maximum atomic E-state index is 12.9. The number of ether oxygens (including phenoxy) is 1. The van der Waals surface area contributed by atoms with Crippen LogP contribution >= 0.6 is 0 Å². The van der Waals surface area contributed by atoms with E-state index in [1.165, 1.54) is 25.7 Å². The van der Waals surface area contributed by atoms with Gasteiger partial charge >= 0.3 is 0 Å². The van der Waals surface area contributed by atoms with Gasteiger partial charge < -0.3 is 9.64 Å². The van der Waals surface area contributed by atoms with Crippen molar-refractivity contribution in [2.75, 3.05) is 20.2 Å². The summed E-state index contributed by atoms with van der Waals surface area (Å²) in [6.07, 6.45) is 12.7. The highest BCUT2D eigenvalue weighted by molar-refractivity contribution is 6.07. The lowest BCUT2D eigenvalue weighted by Gasteiger charge is -2.36. The summed E-state index contributed by atoms with van der Waals surface area (Å²) in [7, 11) is 1.60. The second-order valence-electron chi connectivity index (χ2n) is 7.92. The molecule has 4 heteroatoms. The maximum absolute atomic E-state index is 12.9. The van der Waals surface area contributed by atoms with E-state index in [1.54, 1.807) is 13.3 Å². The van der Waals surface area contributed by atoms with Crippen molar-refractivity contribution >= 4 is 11.5 Å². The van der Waals surface area contributed by atoms with Gasteiger partial charge in [0.2, 0.25) is 5.88 Å². The van der Waals surface area contributed by atoms with Crippen molar-refractivity contribution in [2.24, 2.45) is 11.3 Å². The summed E-state index contributed by atoms with van der Waals surface area (Å²) in [4.78, 5) is 19.5. The van der Waals surface area contributed by atoms with E-state index in [9.17, 15) is 4.79 Å². The largest absolute Gasteiger partial charge is 0.481 e. The van der Waals surface area contributed by atoms with Crippen LogP contribution in [0.4, 0.5) is 0 Å². The molecule has 3 rings (SSSR count). The number of aromatic nitrogens is 1. The topological polar surface area (TPSA) is 42.4 Å². The van der Waals surface area contributed by atoms with Gasteiger partial charge in [-0.15, -0.1) is 6.42 Å². The summed E-state index contributed by atoms with van der Waals surface area (Å²) in [5.41, 5.74) is 3.86. The van der Waals surface area contributed by atoms with Gasteiger partial charge in [-0.05, 0) is 43.6 Å². The van der Waals surface area contributed by atoms with Crippen LogP contribution in [0.25, 0.3) is 5.70 Å². The van der Waals surface area contributed by atoms with Crippen LogP contribution in [0.3, 0.4) is 0 Å². The Labute approximate surface area is 156 Å². The molecule has 1 saturated heterocycles. The minimum Gasteiger partial charge on any atom is -0.481 e. The number of terminal acetylenes is 1. The molecular weight excluding hydrogens is 324 g/mol. The fourth-order valence-corrected chi connectivity index (χ4v) is 3.76. The highest BCUT2D eigenvalue weighted by Gasteiger charge is 2.45. The van der Waals surface area contributed by atoms with Crippen molar-refractivity contribution in [3.63, 3.8) is 0 Å². The van der Waals surface area contributed by atoms with E-state index in [1.807, 2.05) is 26.8 Å². The van der Waals surface area contributed by atoms with Gasteiger partial charge in [0.05, 0.1) is 18.4 Å². The second-order valence-corrected chi connectivity index (χ2v) is 7.92. The van der Waals surface area contributed by atoms with Crippen LogP contribution in [0.2, 0.25) is 0 Å². The van der Waals surface area contributed by atoms with Gasteiger partial charge in [-0.1, -0.05) is 19.8 Å². The van der Waals surface area contributed by atoms with Gasteiger partial charge in [0.25, 0.3) is 0 Å². The molecule has 1 aromatic rings. The molecule has 26 heavy (non-hydrogen) atoms. The summed E-state index contributed by atoms with van der Waals surface area (Å²) < 4.78 is 5.32. The second kappa shape index (κ2) is 7.15. The van der Waals surface area contributed by atoms with Gasteiger partial charge in [-0.2, -0.15) is 0 Å². The molecule has 0 atom stereocenters. The number of rotatable bonds is 5. The Bertz CT molecular complexity index is 772. The summed E-state index contributed by atoms with van der Waals surface area (Å²) in [5.74, 6) is 3.12. The predicted octanol–water partition coefficient (Wildman–Crippen LogP) is 3.84. The van der Waals surface area contributed by atoms with Gasteiger partial charge in [0.15, 0.2) is 5.78 Å². The zero-order valence-corrected chi connectivity index (χ0v) is 16.3. The Balaban J connectivity index is 2.10. The predicted molar refractivity (Wildman–Crippen MR) is 104 cm³/mol. The van der Waals surface area contributed by atoms with E-state index >= 15 is 0 Å². The van der Waals surface area contributed by atoms with Crippen molar-refractivity contribution in [1.29, 1.82) is 0 Å². The van der Waals surface area contributed by atoms with E-state index in [2.05, 4.69) is 15.8 Å². The first-order valence-electron chi connectivity index (χ1n) is 9.42. The number of piperidine rings is 1. The Kier molecular flexibility index (Phi) is 5.09. The van der Waals surface area contributed by atoms with Crippen LogP contribution in [0.15, 0.2) is 17.8 Å². The minimum absolute atomic E-state index is 0.0180. The standard InChI is InChI=1S/C22H28N2O2/c1-6-17(21(25)15(2)3)20(18-13-19(26-5)23-14-16(18)4)24-11-9-22(7-8-22)10-12-24/h1,13-15H,7-12H2,2-5H3/b20-17+. The summed E-state index contributed by atoms with van der Waals surface area (Å²) in [6, 6.07) is 1.90. The third kappa shape index (κ3) is 3.49. The number of pyridine rings is 1. The number of carbonyl (C=O) groups is 1. The number of hydrogen-bond donors (Lipinski definition) is 0. The molecule has 1 aliphatic heterocycles. The normalized spacial score (nSPS) is 19.2. The highest BCUT2D eigenvalue weighted by Crippen LogP contribution is 2.54. The van der Waals surface area contributed by atoms with E-state index < -0.39 is 0 Å². The zero-order valence-electron chi connectivity index (χ0n) is 16.3. The van der Waals surface area contributed by atoms with E-state index in [0.29, 0.717) is 16.9 Å². The number of aryl methyl sites for hydroxylation is 1. The molecule has 4 nitrogen and oxygen atoms in total. The van der Waals surface area contributed by atoms with Crippen LogP contribution in [0, 0.1) is 30.6 Å². The summed E-state index contributed by atoms with van der Waals surface area (Å²) in [5, 5.41) is 0. The SMILES string of the molecule is C#C/C(C(=O)C(C)C)=C(/c1cc(OC)ncc1C)N1CCC2(CC1)CC2. The third-order valence-electron chi connectivity index (χ3n) is 5.79. The smallest absolute Gasteiger partial charge is 0.213 e. The first-order valence-corrected chi connectivity index (χ1v) is 9.42. The summed E-state index contributed by atoms with van der Waals surface area (Å²) in [6.45, 7) is 7.67. The van der Waals surface area contributed by atoms with Crippen molar-refractivity contribution in [3.8, 4) is 18.2 Å². The Hall–Kier alpha value is -2.28. The van der Waals surface area contributed by atoms with Crippen LogP contribution in [-0.2, 0) is 4.79 Å². The highest BCUT2D eigenvalue weighted by atomic mass is 16.5. The number of methoxy groups -OCH3 is 1. The first-order chi connectivity index (χ1) is 12.4. The molecule has 138 valence electrons. The molecule has 2 aliphatic rings. The average molecular weight is 352 g/mol. The number of nitrogens with zero attached hydrogens (tertiary/aromatic N) is 2. The minimum atomic E-state index is -0.139. The van der Waals surface area contributed by atoms with Crippen LogP contribution in [0.1, 0.15) is 50.7 Å². The number of Topliss-reactive ketones (excluding diaryl/α,β-unsaturated/α-hetero) is 1. The molecule has 1 spiro atoms. The number of allylic oxidation sites excluding steroid dienone is 1. The van der Waals surface area contributed by atoms with Gasteiger partial charge in [-0.3, -0.25) is 4.79 Å². The Morgan fingerprint density at radius 3 is 2.46 bits per heavy atom. The number of likely N-dealkylation sites (tertiary alicyclic amines) is 1. The Morgan fingerprint density at radius 1 is 1.31 bits per heavy atom. The van der Waals surface area contributed by atoms with Gasteiger partial charge in [0.1, 0.15) is 0 Å². The van der Waals surface area contributed by atoms with Gasteiger partial charge in [-0.25, -0.2) is 4.98 Å². The Morgan fingerprint density at radius 2 is 1.96 bits per heavy atom.